The number of nitrogen functional groups attached to an aromatic ring is 1. The van der Waals surface area contributed by atoms with Crippen LogP contribution < -0.4 is 5.73 Å². The molecule has 1 aromatic rings. The van der Waals surface area contributed by atoms with Crippen molar-refractivity contribution in [2.75, 3.05) is 5.73 Å². The predicted octanol–water partition coefficient (Wildman–Crippen LogP) is 5.17. The Labute approximate surface area is 125 Å². The quantitative estimate of drug-likeness (QED) is 0.327. The number of hydrogen-bond acceptors (Lipinski definition) is 4. The number of hydrogen-bond donors (Lipinski definition) is 2. The van der Waals surface area contributed by atoms with Gasteiger partial charge in [-0.2, -0.15) is 5.11 Å². The molecule has 108 valence electrons. The van der Waals surface area contributed by atoms with Crippen LogP contribution in [-0.4, -0.2) is 5.11 Å². The first kappa shape index (κ1) is 16.2. The average Bonchev–Trinajstić information content (AvgIpc) is 2.47. The van der Waals surface area contributed by atoms with Crippen molar-refractivity contribution < 1.29 is 5.11 Å². The Kier molecular flexibility index (Phi) is 5.89. The lowest BCUT2D eigenvalue weighted by Crippen LogP contribution is -1.92. The van der Waals surface area contributed by atoms with Gasteiger partial charge in [0.25, 0.3) is 0 Å². The molecule has 21 heavy (non-hydrogen) atoms. The molecule has 0 aliphatic heterocycles. The van der Waals surface area contributed by atoms with Gasteiger partial charge in [-0.05, 0) is 31.2 Å². The minimum absolute atomic E-state index is 0.0437. The van der Waals surface area contributed by atoms with Crippen LogP contribution in [0.25, 0.3) is 12.2 Å². The van der Waals surface area contributed by atoms with Crippen LogP contribution in [0.15, 0.2) is 71.8 Å². The van der Waals surface area contributed by atoms with Crippen molar-refractivity contribution >= 4 is 23.5 Å². The van der Waals surface area contributed by atoms with Crippen LogP contribution in [-0.2, 0) is 0 Å². The third-order valence-corrected chi connectivity index (χ3v) is 2.72. The van der Waals surface area contributed by atoms with E-state index < -0.39 is 0 Å². The minimum atomic E-state index is -0.0437. The molecule has 0 atom stereocenters. The van der Waals surface area contributed by atoms with Gasteiger partial charge >= 0.3 is 0 Å². The highest BCUT2D eigenvalue weighted by Crippen LogP contribution is 2.30. The van der Waals surface area contributed by atoms with Crippen LogP contribution in [0.1, 0.15) is 18.1 Å². The van der Waals surface area contributed by atoms with Crippen LogP contribution in [0.3, 0.4) is 0 Å². The number of rotatable bonds is 6. The summed E-state index contributed by atoms with van der Waals surface area (Å²) in [5, 5.41) is 17.4. The lowest BCUT2D eigenvalue weighted by molar-refractivity contribution is 0.435. The van der Waals surface area contributed by atoms with Gasteiger partial charge in [0, 0.05) is 16.8 Å². The van der Waals surface area contributed by atoms with Crippen LogP contribution in [0.5, 0.6) is 0 Å². The van der Waals surface area contributed by atoms with E-state index in [2.05, 4.69) is 30.0 Å². The van der Waals surface area contributed by atoms with E-state index in [4.69, 9.17) is 10.8 Å². The van der Waals surface area contributed by atoms with Gasteiger partial charge in [0.1, 0.15) is 5.76 Å². The Morgan fingerprint density at radius 3 is 2.38 bits per heavy atom. The SMILES string of the molecule is C=Cc1c(N)ccc(N=NC(/C=C\C(=C)O)=C/C)c1C=C. The zero-order valence-electron chi connectivity index (χ0n) is 12.1. The van der Waals surface area contributed by atoms with E-state index in [1.54, 1.807) is 36.4 Å². The number of anilines is 1. The molecule has 0 bridgehead atoms. The van der Waals surface area contributed by atoms with Crippen LogP contribution in [0.4, 0.5) is 11.4 Å². The summed E-state index contributed by atoms with van der Waals surface area (Å²) in [5.74, 6) is -0.0437. The van der Waals surface area contributed by atoms with Crippen molar-refractivity contribution in [1.29, 1.82) is 0 Å². The Morgan fingerprint density at radius 2 is 1.86 bits per heavy atom. The molecule has 0 aromatic heterocycles. The van der Waals surface area contributed by atoms with E-state index in [9.17, 15) is 0 Å². The van der Waals surface area contributed by atoms with Crippen molar-refractivity contribution in [3.05, 3.63) is 72.7 Å². The highest BCUT2D eigenvalue weighted by Gasteiger charge is 2.06. The maximum absolute atomic E-state index is 9.04. The summed E-state index contributed by atoms with van der Waals surface area (Å²) in [6.07, 6.45) is 8.16. The lowest BCUT2D eigenvalue weighted by atomic mass is 10.0. The zero-order chi connectivity index (χ0) is 15.8. The van der Waals surface area contributed by atoms with Gasteiger partial charge in [-0.15, -0.1) is 5.11 Å². The van der Waals surface area contributed by atoms with E-state index in [1.807, 2.05) is 6.92 Å². The Hall–Kier alpha value is -2.88. The van der Waals surface area contributed by atoms with Gasteiger partial charge in [0.2, 0.25) is 0 Å². The lowest BCUT2D eigenvalue weighted by Gasteiger charge is -2.07. The molecule has 0 unspecified atom stereocenters. The minimum Gasteiger partial charge on any atom is -0.509 e. The molecular weight excluding hydrogens is 262 g/mol. The molecule has 0 saturated carbocycles. The first-order valence-electron chi connectivity index (χ1n) is 6.34. The topological polar surface area (TPSA) is 71.0 Å². The first-order chi connectivity index (χ1) is 10.0. The fourth-order valence-corrected chi connectivity index (χ4v) is 1.65. The molecule has 0 saturated heterocycles. The number of nitrogens with zero attached hydrogens (tertiary/aromatic N) is 2. The van der Waals surface area contributed by atoms with Crippen LogP contribution >= 0.6 is 0 Å². The normalized spacial score (nSPS) is 12.0. The molecular formula is C17H19N3O. The highest BCUT2D eigenvalue weighted by atomic mass is 16.3. The summed E-state index contributed by atoms with van der Waals surface area (Å²) in [6.45, 7) is 12.7. The van der Waals surface area contributed by atoms with Gasteiger partial charge in [-0.25, -0.2) is 0 Å². The van der Waals surface area contributed by atoms with Crippen molar-refractivity contribution in [3.8, 4) is 0 Å². The second-order valence-corrected chi connectivity index (χ2v) is 4.15. The predicted molar refractivity (Wildman–Crippen MR) is 90.2 cm³/mol. The number of benzene rings is 1. The summed E-state index contributed by atoms with van der Waals surface area (Å²) in [6, 6.07) is 3.52. The Morgan fingerprint density at radius 1 is 1.19 bits per heavy atom. The van der Waals surface area contributed by atoms with Crippen LogP contribution in [0, 0.1) is 0 Å². The first-order valence-corrected chi connectivity index (χ1v) is 6.34. The highest BCUT2D eigenvalue weighted by molar-refractivity contribution is 5.80. The maximum Gasteiger partial charge on any atom is 0.108 e. The van der Waals surface area contributed by atoms with E-state index >= 15 is 0 Å². The second-order valence-electron chi connectivity index (χ2n) is 4.15. The molecule has 4 heteroatoms. The average molecular weight is 281 g/mol. The van der Waals surface area contributed by atoms with Gasteiger partial charge in [0.05, 0.1) is 11.4 Å². The molecule has 3 N–H and O–H groups in total. The summed E-state index contributed by atoms with van der Waals surface area (Å²) < 4.78 is 0. The summed E-state index contributed by atoms with van der Waals surface area (Å²) in [7, 11) is 0. The summed E-state index contributed by atoms with van der Waals surface area (Å²) in [4.78, 5) is 0. The fourth-order valence-electron chi connectivity index (χ4n) is 1.65. The molecule has 0 spiro atoms. The summed E-state index contributed by atoms with van der Waals surface area (Å²) in [5.41, 5.74) is 9.30. The van der Waals surface area contributed by atoms with Crippen molar-refractivity contribution in [2.24, 2.45) is 10.2 Å². The van der Waals surface area contributed by atoms with Crippen molar-refractivity contribution in [2.45, 2.75) is 6.92 Å². The molecule has 0 radical (unpaired) electrons. The van der Waals surface area contributed by atoms with Crippen molar-refractivity contribution in [1.82, 2.24) is 0 Å². The van der Waals surface area contributed by atoms with Crippen molar-refractivity contribution in [3.63, 3.8) is 0 Å². The number of aliphatic hydroxyl groups is 1. The second kappa shape index (κ2) is 7.65. The number of aliphatic hydroxyl groups excluding tert-OH is 1. The zero-order valence-corrected chi connectivity index (χ0v) is 12.1. The van der Waals surface area contributed by atoms with E-state index in [0.717, 1.165) is 11.1 Å². The number of azo groups is 1. The standard InChI is InChI=1S/C17H19N3O/c1-5-13(9-8-12(4)21)19-20-17-11-10-16(18)14(6-2)15(17)7-3/h5-11,21H,2-4,18H2,1H3/b9-8-,13-5+,20-19?. The molecule has 0 aliphatic carbocycles. The Bertz CT molecular complexity index is 652. The molecule has 0 aliphatic rings. The largest absolute Gasteiger partial charge is 0.509 e. The molecule has 1 aromatic carbocycles. The number of nitrogens with two attached hydrogens (primary N) is 1. The molecule has 4 nitrogen and oxygen atoms in total. The molecule has 0 heterocycles. The molecule has 0 fully saturated rings. The molecule has 0 amide bonds. The van der Waals surface area contributed by atoms with Gasteiger partial charge in [0.15, 0.2) is 0 Å². The third kappa shape index (κ3) is 4.31. The monoisotopic (exact) mass is 281 g/mol. The van der Waals surface area contributed by atoms with Gasteiger partial charge in [-0.3, -0.25) is 0 Å². The Balaban J connectivity index is 3.18. The maximum atomic E-state index is 9.04. The van der Waals surface area contributed by atoms with E-state index in [0.29, 0.717) is 17.1 Å². The fraction of sp³-hybridized carbons (Fsp3) is 0.0588. The van der Waals surface area contributed by atoms with E-state index in [-0.39, 0.29) is 5.76 Å². The van der Waals surface area contributed by atoms with E-state index in [1.165, 1.54) is 6.08 Å². The summed E-state index contributed by atoms with van der Waals surface area (Å²) >= 11 is 0. The smallest absolute Gasteiger partial charge is 0.108 e. The third-order valence-electron chi connectivity index (χ3n) is 2.72. The molecule has 1 rings (SSSR count). The van der Waals surface area contributed by atoms with Crippen LogP contribution in [0.2, 0.25) is 0 Å². The number of allylic oxidation sites excluding steroid dienone is 3. The van der Waals surface area contributed by atoms with Gasteiger partial charge in [-0.1, -0.05) is 38.0 Å². The van der Waals surface area contributed by atoms with Gasteiger partial charge < -0.3 is 10.8 Å².